The number of benzene rings is 1. The Labute approximate surface area is 157 Å². The van der Waals surface area contributed by atoms with Crippen LogP contribution in [0.3, 0.4) is 0 Å². The molecule has 26 heavy (non-hydrogen) atoms. The summed E-state index contributed by atoms with van der Waals surface area (Å²) in [5.74, 6) is 1.70. The molecule has 0 bridgehead atoms. The Morgan fingerprint density at radius 2 is 1.92 bits per heavy atom. The first-order valence-corrected chi connectivity index (χ1v) is 9.52. The van der Waals surface area contributed by atoms with Crippen molar-refractivity contribution in [2.45, 2.75) is 39.2 Å². The van der Waals surface area contributed by atoms with Crippen LogP contribution >= 0.6 is 0 Å². The molecule has 0 aromatic heterocycles. The molecule has 6 nitrogen and oxygen atoms in total. The van der Waals surface area contributed by atoms with E-state index in [0.717, 1.165) is 50.7 Å². The van der Waals surface area contributed by atoms with Crippen LogP contribution in [0.1, 0.15) is 30.4 Å². The molecule has 1 aliphatic rings. The zero-order valence-corrected chi connectivity index (χ0v) is 16.3. The van der Waals surface area contributed by atoms with E-state index in [9.17, 15) is 0 Å². The summed E-state index contributed by atoms with van der Waals surface area (Å²) >= 11 is 0. The van der Waals surface area contributed by atoms with Crippen molar-refractivity contribution in [3.05, 3.63) is 29.3 Å². The fraction of sp³-hybridized carbons (Fsp3) is 0.650. The van der Waals surface area contributed by atoms with Gasteiger partial charge in [0.15, 0.2) is 5.96 Å². The van der Waals surface area contributed by atoms with Gasteiger partial charge in [-0.1, -0.05) is 6.07 Å². The maximum atomic E-state index is 5.79. The largest absolute Gasteiger partial charge is 0.492 e. The van der Waals surface area contributed by atoms with Crippen molar-refractivity contribution < 1.29 is 14.2 Å². The Bertz CT molecular complexity index is 537. The lowest BCUT2D eigenvalue weighted by molar-refractivity contribution is 0.0168. The van der Waals surface area contributed by atoms with Crippen molar-refractivity contribution in [3.63, 3.8) is 0 Å². The van der Waals surface area contributed by atoms with Gasteiger partial charge in [-0.15, -0.1) is 0 Å². The molecular formula is C20H33N3O3. The Morgan fingerprint density at radius 3 is 2.62 bits per heavy atom. The second kappa shape index (κ2) is 11.8. The minimum absolute atomic E-state index is 0.301. The topological polar surface area (TPSA) is 64.1 Å². The van der Waals surface area contributed by atoms with Crippen LogP contribution in [0.25, 0.3) is 0 Å². The number of nitrogens with one attached hydrogen (secondary N) is 2. The second-order valence-electron chi connectivity index (χ2n) is 6.66. The molecule has 1 atom stereocenters. The van der Waals surface area contributed by atoms with E-state index in [1.807, 2.05) is 0 Å². The molecule has 1 aromatic carbocycles. The van der Waals surface area contributed by atoms with Crippen molar-refractivity contribution in [2.24, 2.45) is 4.99 Å². The lowest BCUT2D eigenvalue weighted by Crippen LogP contribution is -2.40. The average Bonchev–Trinajstić information content (AvgIpc) is 3.12. The van der Waals surface area contributed by atoms with Crippen LogP contribution in [0.5, 0.6) is 5.75 Å². The molecular weight excluding hydrogens is 330 g/mol. The molecule has 2 N–H and O–H groups in total. The number of guanidine groups is 1. The highest BCUT2D eigenvalue weighted by Crippen LogP contribution is 2.15. The number of nitrogens with zero attached hydrogens (tertiary/aromatic N) is 1. The summed E-state index contributed by atoms with van der Waals surface area (Å²) in [4.78, 5) is 4.22. The highest BCUT2D eigenvalue weighted by Gasteiger charge is 2.14. The number of rotatable bonds is 10. The van der Waals surface area contributed by atoms with Crippen LogP contribution in [-0.4, -0.2) is 58.6 Å². The van der Waals surface area contributed by atoms with Crippen molar-refractivity contribution in [1.82, 2.24) is 10.6 Å². The maximum absolute atomic E-state index is 5.79. The molecule has 1 aliphatic heterocycles. The Hall–Kier alpha value is -1.79. The molecule has 146 valence electrons. The van der Waals surface area contributed by atoms with Crippen LogP contribution in [0.2, 0.25) is 0 Å². The van der Waals surface area contributed by atoms with E-state index < -0.39 is 0 Å². The van der Waals surface area contributed by atoms with Crippen LogP contribution in [0, 0.1) is 13.8 Å². The predicted molar refractivity (Wildman–Crippen MR) is 105 cm³/mol. The quantitative estimate of drug-likeness (QED) is 0.380. The SMILES string of the molecule is CN=C(NCCCOCC1CCCO1)NCCOc1cc(C)cc(C)c1. The monoisotopic (exact) mass is 363 g/mol. The third-order valence-electron chi connectivity index (χ3n) is 4.17. The summed E-state index contributed by atoms with van der Waals surface area (Å²) in [7, 11) is 1.77. The molecule has 1 aromatic rings. The van der Waals surface area contributed by atoms with Gasteiger partial charge in [-0.3, -0.25) is 4.99 Å². The highest BCUT2D eigenvalue weighted by molar-refractivity contribution is 5.79. The number of hydrogen-bond donors (Lipinski definition) is 2. The summed E-state index contributed by atoms with van der Waals surface area (Å²) in [6, 6.07) is 6.24. The summed E-state index contributed by atoms with van der Waals surface area (Å²) in [5.41, 5.74) is 2.43. The third kappa shape index (κ3) is 8.06. The van der Waals surface area contributed by atoms with Gasteiger partial charge in [-0.2, -0.15) is 0 Å². The molecule has 6 heteroatoms. The van der Waals surface area contributed by atoms with E-state index in [1.165, 1.54) is 11.1 Å². The van der Waals surface area contributed by atoms with Crippen LogP contribution in [-0.2, 0) is 9.47 Å². The van der Waals surface area contributed by atoms with Gasteiger partial charge < -0.3 is 24.8 Å². The number of ether oxygens (including phenoxy) is 3. The molecule has 1 fully saturated rings. The molecule has 1 saturated heterocycles. The minimum Gasteiger partial charge on any atom is -0.492 e. The zero-order valence-electron chi connectivity index (χ0n) is 16.3. The molecule has 2 rings (SSSR count). The fourth-order valence-corrected chi connectivity index (χ4v) is 2.95. The summed E-state index contributed by atoms with van der Waals surface area (Å²) < 4.78 is 17.0. The highest BCUT2D eigenvalue weighted by atomic mass is 16.5. The summed E-state index contributed by atoms with van der Waals surface area (Å²) in [6.45, 7) is 8.59. The number of hydrogen-bond acceptors (Lipinski definition) is 4. The summed E-state index contributed by atoms with van der Waals surface area (Å²) in [6.07, 6.45) is 3.52. The van der Waals surface area contributed by atoms with Crippen molar-refractivity contribution in [2.75, 3.05) is 46.6 Å². The first-order chi connectivity index (χ1) is 12.7. The number of aliphatic imine (C=N–C) groups is 1. The van der Waals surface area contributed by atoms with Crippen LogP contribution < -0.4 is 15.4 Å². The minimum atomic E-state index is 0.301. The average molecular weight is 364 g/mol. The maximum Gasteiger partial charge on any atom is 0.191 e. The van der Waals surface area contributed by atoms with E-state index in [2.05, 4.69) is 47.7 Å². The van der Waals surface area contributed by atoms with Gasteiger partial charge in [0.2, 0.25) is 0 Å². The predicted octanol–water partition coefficient (Wildman–Crippen LogP) is 2.43. The van der Waals surface area contributed by atoms with Gasteiger partial charge in [-0.05, 0) is 56.4 Å². The summed E-state index contributed by atoms with van der Waals surface area (Å²) in [5, 5.41) is 6.54. The second-order valence-corrected chi connectivity index (χ2v) is 6.66. The Kier molecular flexibility index (Phi) is 9.28. The van der Waals surface area contributed by atoms with E-state index in [-0.39, 0.29) is 0 Å². The van der Waals surface area contributed by atoms with E-state index in [4.69, 9.17) is 14.2 Å². The number of aryl methyl sites for hydroxylation is 2. The van der Waals surface area contributed by atoms with E-state index >= 15 is 0 Å². The van der Waals surface area contributed by atoms with Crippen LogP contribution in [0.15, 0.2) is 23.2 Å². The third-order valence-corrected chi connectivity index (χ3v) is 4.17. The van der Waals surface area contributed by atoms with Gasteiger partial charge in [-0.25, -0.2) is 0 Å². The fourth-order valence-electron chi connectivity index (χ4n) is 2.95. The van der Waals surface area contributed by atoms with Gasteiger partial charge in [0.05, 0.1) is 19.3 Å². The first-order valence-electron chi connectivity index (χ1n) is 9.52. The zero-order chi connectivity index (χ0) is 18.6. The standard InChI is InChI=1S/C20H33N3O3/c1-16-12-17(2)14-19(13-16)26-11-8-23-20(21-3)22-7-5-9-24-15-18-6-4-10-25-18/h12-14,18H,4-11,15H2,1-3H3,(H2,21,22,23). The molecule has 0 aliphatic carbocycles. The molecule has 0 amide bonds. The molecule has 0 radical (unpaired) electrons. The van der Waals surface area contributed by atoms with Crippen molar-refractivity contribution >= 4 is 5.96 Å². The van der Waals surface area contributed by atoms with Crippen LogP contribution in [0.4, 0.5) is 0 Å². The molecule has 0 spiro atoms. The van der Waals surface area contributed by atoms with Gasteiger partial charge >= 0.3 is 0 Å². The van der Waals surface area contributed by atoms with Crippen molar-refractivity contribution in [3.8, 4) is 5.75 Å². The van der Waals surface area contributed by atoms with E-state index in [0.29, 0.717) is 25.9 Å². The van der Waals surface area contributed by atoms with Gasteiger partial charge in [0.25, 0.3) is 0 Å². The van der Waals surface area contributed by atoms with Crippen molar-refractivity contribution in [1.29, 1.82) is 0 Å². The first kappa shape index (κ1) is 20.5. The van der Waals surface area contributed by atoms with Gasteiger partial charge in [0.1, 0.15) is 12.4 Å². The molecule has 0 saturated carbocycles. The Balaban J connectivity index is 1.50. The molecule has 1 heterocycles. The Morgan fingerprint density at radius 1 is 1.15 bits per heavy atom. The smallest absolute Gasteiger partial charge is 0.191 e. The van der Waals surface area contributed by atoms with E-state index in [1.54, 1.807) is 7.05 Å². The van der Waals surface area contributed by atoms with Gasteiger partial charge in [0, 0.05) is 26.8 Å². The normalized spacial score (nSPS) is 17.3. The lowest BCUT2D eigenvalue weighted by Gasteiger charge is -2.13. The molecule has 1 unspecified atom stereocenters. The lowest BCUT2D eigenvalue weighted by atomic mass is 10.1.